The van der Waals surface area contributed by atoms with Gasteiger partial charge < -0.3 is 5.73 Å². The molecule has 1 aromatic carbocycles. The molecule has 1 unspecified atom stereocenters. The van der Waals surface area contributed by atoms with Gasteiger partial charge in [-0.3, -0.25) is 0 Å². The molecule has 0 aliphatic heterocycles. The minimum atomic E-state index is 0.00938. The Morgan fingerprint density at radius 3 is 2.43 bits per heavy atom. The average Bonchev–Trinajstić information content (AvgIpc) is 2.19. The predicted octanol–water partition coefficient (Wildman–Crippen LogP) is 2.87. The lowest BCUT2D eigenvalue weighted by Crippen LogP contribution is -2.40. The summed E-state index contributed by atoms with van der Waals surface area (Å²) in [6, 6.07) is 10.5. The van der Waals surface area contributed by atoms with Crippen LogP contribution in [0.5, 0.6) is 0 Å². The minimum absolute atomic E-state index is 0.00938. The molecule has 0 saturated carbocycles. The Hall–Kier alpha value is -1.08. The molecular weight excluding hydrogens is 170 g/mol. The van der Waals surface area contributed by atoms with Crippen LogP contribution in [0.4, 0.5) is 0 Å². The molecule has 0 amide bonds. The minimum Gasteiger partial charge on any atom is -0.327 e. The van der Waals surface area contributed by atoms with Crippen molar-refractivity contribution >= 4 is 0 Å². The highest BCUT2D eigenvalue weighted by Crippen LogP contribution is 2.27. The van der Waals surface area contributed by atoms with E-state index in [2.05, 4.69) is 44.7 Å². The summed E-state index contributed by atoms with van der Waals surface area (Å²) < 4.78 is 0. The van der Waals surface area contributed by atoms with E-state index in [0.717, 1.165) is 6.42 Å². The van der Waals surface area contributed by atoms with Crippen molar-refractivity contribution in [3.05, 3.63) is 48.6 Å². The van der Waals surface area contributed by atoms with Gasteiger partial charge in [-0.25, -0.2) is 0 Å². The van der Waals surface area contributed by atoms with E-state index < -0.39 is 0 Å². The zero-order chi connectivity index (χ0) is 10.6. The van der Waals surface area contributed by atoms with Crippen LogP contribution in [0.3, 0.4) is 0 Å². The van der Waals surface area contributed by atoms with Gasteiger partial charge in [0.25, 0.3) is 0 Å². The van der Waals surface area contributed by atoms with Crippen LogP contribution >= 0.6 is 0 Å². The molecule has 1 atom stereocenters. The van der Waals surface area contributed by atoms with Crippen LogP contribution in [-0.4, -0.2) is 6.04 Å². The summed E-state index contributed by atoms with van der Waals surface area (Å²) >= 11 is 0. The molecule has 0 fully saturated rings. The molecular formula is C13H19N. The summed E-state index contributed by atoms with van der Waals surface area (Å²) in [5.41, 5.74) is 7.42. The van der Waals surface area contributed by atoms with Crippen LogP contribution in [0.2, 0.25) is 0 Å². The lowest BCUT2D eigenvalue weighted by molar-refractivity contribution is 0.411. The van der Waals surface area contributed by atoms with Crippen LogP contribution in [0.15, 0.2) is 43.0 Å². The van der Waals surface area contributed by atoms with Gasteiger partial charge in [0.15, 0.2) is 0 Å². The zero-order valence-corrected chi connectivity index (χ0v) is 9.03. The maximum atomic E-state index is 6.12. The van der Waals surface area contributed by atoms with Crippen LogP contribution < -0.4 is 5.73 Å². The third kappa shape index (κ3) is 2.24. The van der Waals surface area contributed by atoms with Gasteiger partial charge in [-0.2, -0.15) is 0 Å². The number of rotatable bonds is 4. The van der Waals surface area contributed by atoms with Crippen LogP contribution in [0, 0.1) is 0 Å². The average molecular weight is 189 g/mol. The van der Waals surface area contributed by atoms with Gasteiger partial charge in [-0.15, -0.1) is 6.58 Å². The molecule has 0 radical (unpaired) electrons. The van der Waals surface area contributed by atoms with Gasteiger partial charge in [0, 0.05) is 11.5 Å². The third-order valence-corrected chi connectivity index (χ3v) is 2.87. The zero-order valence-electron chi connectivity index (χ0n) is 9.03. The second-order valence-electron chi connectivity index (χ2n) is 4.22. The van der Waals surface area contributed by atoms with E-state index in [9.17, 15) is 0 Å². The summed E-state index contributed by atoms with van der Waals surface area (Å²) in [6.07, 6.45) is 2.73. The second kappa shape index (κ2) is 4.43. The first-order valence-electron chi connectivity index (χ1n) is 5.01. The highest BCUT2D eigenvalue weighted by Gasteiger charge is 2.26. The van der Waals surface area contributed by atoms with Crippen LogP contribution in [0.1, 0.15) is 25.8 Å². The third-order valence-electron chi connectivity index (χ3n) is 2.87. The van der Waals surface area contributed by atoms with Crippen LogP contribution in [0.25, 0.3) is 0 Å². The van der Waals surface area contributed by atoms with Gasteiger partial charge in [-0.1, -0.05) is 50.3 Å². The van der Waals surface area contributed by atoms with E-state index in [1.54, 1.807) is 0 Å². The quantitative estimate of drug-likeness (QED) is 0.724. The van der Waals surface area contributed by atoms with Crippen molar-refractivity contribution in [3.8, 4) is 0 Å². The van der Waals surface area contributed by atoms with Crippen molar-refractivity contribution in [1.29, 1.82) is 0 Å². The molecule has 1 heteroatoms. The predicted molar refractivity (Wildman–Crippen MR) is 62.3 cm³/mol. The Morgan fingerprint density at radius 2 is 1.93 bits per heavy atom. The van der Waals surface area contributed by atoms with E-state index in [4.69, 9.17) is 5.73 Å². The van der Waals surface area contributed by atoms with Crippen molar-refractivity contribution in [1.82, 2.24) is 0 Å². The van der Waals surface area contributed by atoms with Crippen molar-refractivity contribution in [3.63, 3.8) is 0 Å². The normalized spacial score (nSPS) is 13.6. The van der Waals surface area contributed by atoms with Gasteiger partial charge in [-0.05, 0) is 12.0 Å². The van der Waals surface area contributed by atoms with Crippen LogP contribution in [-0.2, 0) is 5.41 Å². The standard InChI is InChI=1S/C13H19N/c1-4-8-12(14)13(2,3)11-9-6-5-7-10-11/h4-7,9-10,12H,1,8,14H2,2-3H3. The lowest BCUT2D eigenvalue weighted by Gasteiger charge is -2.31. The molecule has 0 heterocycles. The molecule has 0 saturated heterocycles. The number of hydrogen-bond donors (Lipinski definition) is 1. The molecule has 0 aliphatic carbocycles. The van der Waals surface area contributed by atoms with Crippen molar-refractivity contribution in [2.75, 3.05) is 0 Å². The number of hydrogen-bond acceptors (Lipinski definition) is 1. The molecule has 0 aromatic heterocycles. The van der Waals surface area contributed by atoms with E-state index >= 15 is 0 Å². The fourth-order valence-electron chi connectivity index (χ4n) is 1.56. The van der Waals surface area contributed by atoms with E-state index in [1.165, 1.54) is 5.56 Å². The molecule has 1 aromatic rings. The first-order chi connectivity index (χ1) is 6.59. The molecule has 76 valence electrons. The fourth-order valence-corrected chi connectivity index (χ4v) is 1.56. The monoisotopic (exact) mass is 189 g/mol. The molecule has 0 bridgehead atoms. The molecule has 1 nitrogen and oxygen atoms in total. The first-order valence-corrected chi connectivity index (χ1v) is 5.01. The first kappa shape index (κ1) is 11.0. The molecule has 0 aliphatic rings. The van der Waals surface area contributed by atoms with E-state index in [-0.39, 0.29) is 11.5 Å². The second-order valence-corrected chi connectivity index (χ2v) is 4.22. The topological polar surface area (TPSA) is 26.0 Å². The smallest absolute Gasteiger partial charge is 0.0166 e. The summed E-state index contributed by atoms with van der Waals surface area (Å²) in [7, 11) is 0. The Bertz CT molecular complexity index is 287. The van der Waals surface area contributed by atoms with Crippen molar-refractivity contribution < 1.29 is 0 Å². The molecule has 1 rings (SSSR count). The molecule has 0 spiro atoms. The summed E-state index contributed by atoms with van der Waals surface area (Å²) in [6.45, 7) is 8.08. The van der Waals surface area contributed by atoms with Crippen molar-refractivity contribution in [2.45, 2.75) is 31.7 Å². The van der Waals surface area contributed by atoms with Gasteiger partial charge >= 0.3 is 0 Å². The van der Waals surface area contributed by atoms with Gasteiger partial charge in [0.2, 0.25) is 0 Å². The molecule has 2 N–H and O–H groups in total. The Morgan fingerprint density at radius 1 is 1.36 bits per heavy atom. The van der Waals surface area contributed by atoms with E-state index in [1.807, 2.05) is 12.1 Å². The number of nitrogens with two attached hydrogens (primary N) is 1. The lowest BCUT2D eigenvalue weighted by atomic mass is 9.77. The SMILES string of the molecule is C=CCC(N)C(C)(C)c1ccccc1. The summed E-state index contributed by atoms with van der Waals surface area (Å²) in [5.74, 6) is 0. The largest absolute Gasteiger partial charge is 0.327 e. The van der Waals surface area contributed by atoms with E-state index in [0.29, 0.717) is 0 Å². The maximum absolute atomic E-state index is 6.12. The Balaban J connectivity index is 2.89. The summed E-state index contributed by atoms with van der Waals surface area (Å²) in [5, 5.41) is 0. The van der Waals surface area contributed by atoms with Crippen molar-refractivity contribution in [2.24, 2.45) is 5.73 Å². The fraction of sp³-hybridized carbons (Fsp3) is 0.385. The highest BCUT2D eigenvalue weighted by atomic mass is 14.7. The highest BCUT2D eigenvalue weighted by molar-refractivity contribution is 5.25. The maximum Gasteiger partial charge on any atom is 0.0166 e. The number of benzene rings is 1. The Labute approximate surface area is 86.6 Å². The van der Waals surface area contributed by atoms with Gasteiger partial charge in [0.1, 0.15) is 0 Å². The Kier molecular flexibility index (Phi) is 3.48. The summed E-state index contributed by atoms with van der Waals surface area (Å²) in [4.78, 5) is 0. The van der Waals surface area contributed by atoms with Gasteiger partial charge in [0.05, 0.1) is 0 Å². The molecule has 14 heavy (non-hydrogen) atoms.